The first-order valence-electron chi connectivity index (χ1n) is 7.63. The van der Waals surface area contributed by atoms with Gasteiger partial charge in [0.05, 0.1) is 24.8 Å². The van der Waals surface area contributed by atoms with Gasteiger partial charge in [-0.1, -0.05) is 12.1 Å². The lowest BCUT2D eigenvalue weighted by Gasteiger charge is -2.32. The minimum Gasteiger partial charge on any atom is -0.491 e. The fourth-order valence-electron chi connectivity index (χ4n) is 2.60. The van der Waals surface area contributed by atoms with Crippen molar-refractivity contribution in [2.45, 2.75) is 12.6 Å². The maximum absolute atomic E-state index is 9.05. The van der Waals surface area contributed by atoms with Gasteiger partial charge in [0.25, 0.3) is 0 Å². The van der Waals surface area contributed by atoms with Crippen LogP contribution in [0.15, 0.2) is 36.9 Å². The van der Waals surface area contributed by atoms with E-state index in [1.165, 1.54) is 6.33 Å². The molecular formula is C16H19N5O2. The van der Waals surface area contributed by atoms with Crippen LogP contribution >= 0.6 is 0 Å². The van der Waals surface area contributed by atoms with Gasteiger partial charge in [-0.25, -0.2) is 4.98 Å². The molecule has 0 amide bonds. The summed E-state index contributed by atoms with van der Waals surface area (Å²) in [6.07, 6.45) is 3.34. The fraction of sp³-hybridized carbons (Fsp3) is 0.438. The maximum Gasteiger partial charge on any atom is 0.137 e. The molecule has 1 aromatic carbocycles. The average molecular weight is 313 g/mol. The Morgan fingerprint density at radius 1 is 1.39 bits per heavy atom. The first kappa shape index (κ1) is 15.5. The molecule has 1 aliphatic heterocycles. The van der Waals surface area contributed by atoms with E-state index in [2.05, 4.69) is 21.1 Å². The molecule has 1 fully saturated rings. The monoisotopic (exact) mass is 313 g/mol. The standard InChI is InChI=1S/C16H19N5O2/c17-9-14-3-1-2-4-16(14)23-8-6-20-5-7-22-15(10-20)11-21-13-18-12-19-21/h1-4,12-13,15H,5-8,10-11H2/t15-/m0/s1. The normalized spacial score (nSPS) is 18.5. The first-order chi connectivity index (χ1) is 11.3. The predicted molar refractivity (Wildman–Crippen MR) is 82.9 cm³/mol. The summed E-state index contributed by atoms with van der Waals surface area (Å²) in [5.41, 5.74) is 0.568. The number of morpholine rings is 1. The van der Waals surface area contributed by atoms with Gasteiger partial charge in [-0.15, -0.1) is 0 Å². The van der Waals surface area contributed by atoms with Crippen LogP contribution in [0.4, 0.5) is 0 Å². The van der Waals surface area contributed by atoms with Crippen LogP contribution in [0.3, 0.4) is 0 Å². The van der Waals surface area contributed by atoms with Gasteiger partial charge in [0.2, 0.25) is 0 Å². The number of para-hydroxylation sites is 1. The maximum atomic E-state index is 9.05. The molecule has 0 radical (unpaired) electrons. The van der Waals surface area contributed by atoms with Crippen molar-refractivity contribution in [2.75, 3.05) is 32.8 Å². The van der Waals surface area contributed by atoms with Crippen molar-refractivity contribution in [1.29, 1.82) is 5.26 Å². The fourth-order valence-corrected chi connectivity index (χ4v) is 2.60. The van der Waals surface area contributed by atoms with E-state index in [4.69, 9.17) is 14.7 Å². The third kappa shape index (κ3) is 4.28. The zero-order valence-corrected chi connectivity index (χ0v) is 12.8. The molecular weight excluding hydrogens is 294 g/mol. The van der Waals surface area contributed by atoms with E-state index in [1.807, 2.05) is 18.2 Å². The molecule has 0 saturated carbocycles. The van der Waals surface area contributed by atoms with Crippen molar-refractivity contribution in [3.63, 3.8) is 0 Å². The Morgan fingerprint density at radius 2 is 2.30 bits per heavy atom. The van der Waals surface area contributed by atoms with Crippen molar-refractivity contribution in [3.8, 4) is 11.8 Å². The van der Waals surface area contributed by atoms with Crippen LogP contribution in [0.1, 0.15) is 5.56 Å². The molecule has 1 aliphatic rings. The molecule has 1 saturated heterocycles. The zero-order chi connectivity index (χ0) is 15.9. The number of nitriles is 1. The van der Waals surface area contributed by atoms with Crippen molar-refractivity contribution in [1.82, 2.24) is 19.7 Å². The molecule has 7 nitrogen and oxygen atoms in total. The van der Waals surface area contributed by atoms with Crippen molar-refractivity contribution >= 4 is 0 Å². The van der Waals surface area contributed by atoms with Gasteiger partial charge in [-0.2, -0.15) is 10.4 Å². The van der Waals surface area contributed by atoms with E-state index in [0.717, 1.165) is 19.6 Å². The molecule has 0 bridgehead atoms. The topological polar surface area (TPSA) is 76.2 Å². The molecule has 0 aliphatic carbocycles. The highest BCUT2D eigenvalue weighted by Crippen LogP contribution is 2.16. The van der Waals surface area contributed by atoms with Gasteiger partial charge < -0.3 is 9.47 Å². The summed E-state index contributed by atoms with van der Waals surface area (Å²) >= 11 is 0. The van der Waals surface area contributed by atoms with Gasteiger partial charge >= 0.3 is 0 Å². The average Bonchev–Trinajstić information content (AvgIpc) is 3.09. The van der Waals surface area contributed by atoms with Crippen molar-refractivity contribution in [3.05, 3.63) is 42.5 Å². The number of aromatic nitrogens is 3. The SMILES string of the molecule is N#Cc1ccccc1OCCN1CCO[C@H](Cn2cncn2)C1. The number of benzene rings is 1. The number of hydrogen-bond donors (Lipinski definition) is 0. The van der Waals surface area contributed by atoms with E-state index in [-0.39, 0.29) is 6.10 Å². The number of rotatable bonds is 6. The van der Waals surface area contributed by atoms with Crippen LogP contribution in [0.5, 0.6) is 5.75 Å². The van der Waals surface area contributed by atoms with Gasteiger partial charge in [0.1, 0.15) is 31.1 Å². The molecule has 1 atom stereocenters. The second kappa shape index (κ2) is 7.72. The van der Waals surface area contributed by atoms with Gasteiger partial charge in [0.15, 0.2) is 0 Å². The third-order valence-electron chi connectivity index (χ3n) is 3.75. The molecule has 1 aromatic heterocycles. The lowest BCUT2D eigenvalue weighted by Crippen LogP contribution is -2.45. The molecule has 0 unspecified atom stereocenters. The molecule has 2 heterocycles. The summed E-state index contributed by atoms with van der Waals surface area (Å²) in [5, 5.41) is 13.2. The lowest BCUT2D eigenvalue weighted by molar-refractivity contribution is -0.0401. The summed E-state index contributed by atoms with van der Waals surface area (Å²) in [5.74, 6) is 0.641. The van der Waals surface area contributed by atoms with E-state index < -0.39 is 0 Å². The van der Waals surface area contributed by atoms with Gasteiger partial charge in [-0.3, -0.25) is 9.58 Å². The van der Waals surface area contributed by atoms with E-state index in [9.17, 15) is 0 Å². The van der Waals surface area contributed by atoms with Crippen LogP contribution in [-0.2, 0) is 11.3 Å². The molecule has 2 aromatic rings. The molecule has 7 heteroatoms. The highest BCUT2D eigenvalue weighted by molar-refractivity contribution is 5.42. The molecule has 23 heavy (non-hydrogen) atoms. The van der Waals surface area contributed by atoms with Crippen LogP contribution in [0, 0.1) is 11.3 Å². The largest absolute Gasteiger partial charge is 0.491 e. The number of ether oxygens (including phenoxy) is 2. The molecule has 3 rings (SSSR count). The van der Waals surface area contributed by atoms with Crippen molar-refractivity contribution in [2.24, 2.45) is 0 Å². The Balaban J connectivity index is 1.46. The minimum absolute atomic E-state index is 0.108. The second-order valence-electron chi connectivity index (χ2n) is 5.37. The minimum atomic E-state index is 0.108. The second-order valence-corrected chi connectivity index (χ2v) is 5.37. The Bertz CT molecular complexity index is 653. The smallest absolute Gasteiger partial charge is 0.137 e. The molecule has 0 spiro atoms. The summed E-state index contributed by atoms with van der Waals surface area (Å²) in [7, 11) is 0. The van der Waals surface area contributed by atoms with Crippen LogP contribution < -0.4 is 4.74 Å². The summed E-state index contributed by atoms with van der Waals surface area (Å²) in [6.45, 7) is 4.48. The number of nitrogens with zero attached hydrogens (tertiary/aromatic N) is 5. The summed E-state index contributed by atoms with van der Waals surface area (Å²) in [4.78, 5) is 6.25. The Hall–Kier alpha value is -2.43. The van der Waals surface area contributed by atoms with E-state index >= 15 is 0 Å². The quantitative estimate of drug-likeness (QED) is 0.789. The third-order valence-corrected chi connectivity index (χ3v) is 3.75. The Kier molecular flexibility index (Phi) is 5.19. The van der Waals surface area contributed by atoms with E-state index in [1.54, 1.807) is 17.1 Å². The van der Waals surface area contributed by atoms with Crippen LogP contribution in [0.2, 0.25) is 0 Å². The number of hydrogen-bond acceptors (Lipinski definition) is 6. The predicted octanol–water partition coefficient (Wildman–Crippen LogP) is 0.930. The zero-order valence-electron chi connectivity index (χ0n) is 12.8. The summed E-state index contributed by atoms with van der Waals surface area (Å²) < 4.78 is 13.3. The van der Waals surface area contributed by atoms with Crippen LogP contribution in [0.25, 0.3) is 0 Å². The van der Waals surface area contributed by atoms with Gasteiger partial charge in [-0.05, 0) is 12.1 Å². The Labute approximate surface area is 135 Å². The lowest BCUT2D eigenvalue weighted by atomic mass is 10.2. The first-order valence-corrected chi connectivity index (χ1v) is 7.63. The van der Waals surface area contributed by atoms with E-state index in [0.29, 0.717) is 31.1 Å². The highest BCUT2D eigenvalue weighted by atomic mass is 16.5. The summed E-state index contributed by atoms with van der Waals surface area (Å²) in [6, 6.07) is 9.44. The highest BCUT2D eigenvalue weighted by Gasteiger charge is 2.21. The van der Waals surface area contributed by atoms with Crippen molar-refractivity contribution < 1.29 is 9.47 Å². The molecule has 0 N–H and O–H groups in total. The van der Waals surface area contributed by atoms with Crippen LogP contribution in [-0.4, -0.2) is 58.6 Å². The van der Waals surface area contributed by atoms with Gasteiger partial charge in [0, 0.05) is 19.6 Å². The Morgan fingerprint density at radius 3 is 3.13 bits per heavy atom. The molecule has 120 valence electrons.